The van der Waals surface area contributed by atoms with Crippen LogP contribution in [0.4, 0.5) is 5.69 Å². The van der Waals surface area contributed by atoms with E-state index in [0.29, 0.717) is 11.4 Å². The van der Waals surface area contributed by atoms with Crippen LogP contribution in [-0.2, 0) is 16.4 Å². The van der Waals surface area contributed by atoms with Crippen LogP contribution in [0.1, 0.15) is 19.5 Å². The van der Waals surface area contributed by atoms with E-state index in [4.69, 9.17) is 10.3 Å². The van der Waals surface area contributed by atoms with E-state index in [1.54, 1.807) is 12.1 Å². The maximum Gasteiger partial charge on any atom is 0.214 e. The van der Waals surface area contributed by atoms with Gasteiger partial charge in [-0.15, -0.1) is 0 Å². The molecule has 6 nitrogen and oxygen atoms in total. The SMILES string of the molecule is CC(C)(Cc1ncccc1NO)S(N)(=O)=O. The van der Waals surface area contributed by atoms with Gasteiger partial charge >= 0.3 is 0 Å². The van der Waals surface area contributed by atoms with Crippen LogP contribution >= 0.6 is 0 Å². The van der Waals surface area contributed by atoms with E-state index >= 15 is 0 Å². The van der Waals surface area contributed by atoms with Crippen LogP contribution in [0.15, 0.2) is 18.3 Å². The Kier molecular flexibility index (Phi) is 3.51. The molecule has 0 bridgehead atoms. The molecule has 1 heterocycles. The zero-order chi connectivity index (χ0) is 12.4. The zero-order valence-electron chi connectivity index (χ0n) is 9.14. The molecule has 0 fully saturated rings. The monoisotopic (exact) mass is 245 g/mol. The first-order valence-corrected chi connectivity index (χ1v) is 6.19. The van der Waals surface area contributed by atoms with E-state index in [2.05, 4.69) is 4.98 Å². The highest BCUT2D eigenvalue weighted by Gasteiger charge is 2.32. The predicted octanol–water partition coefficient (Wildman–Crippen LogP) is 0.492. The van der Waals surface area contributed by atoms with Gasteiger partial charge in [-0.2, -0.15) is 0 Å². The minimum atomic E-state index is -3.67. The van der Waals surface area contributed by atoms with Gasteiger partial charge in [0.1, 0.15) is 0 Å². The van der Waals surface area contributed by atoms with E-state index < -0.39 is 14.8 Å². The van der Waals surface area contributed by atoms with Gasteiger partial charge in [0.05, 0.1) is 16.1 Å². The second-order valence-electron chi connectivity index (χ2n) is 4.09. The summed E-state index contributed by atoms with van der Waals surface area (Å²) >= 11 is 0. The highest BCUT2D eigenvalue weighted by Crippen LogP contribution is 2.22. The highest BCUT2D eigenvalue weighted by molar-refractivity contribution is 7.90. The fraction of sp³-hybridized carbons (Fsp3) is 0.444. The molecule has 16 heavy (non-hydrogen) atoms. The third-order valence-corrected chi connectivity index (χ3v) is 4.06. The molecule has 0 saturated carbocycles. The lowest BCUT2D eigenvalue weighted by molar-refractivity contribution is 0.387. The fourth-order valence-electron chi connectivity index (χ4n) is 1.18. The van der Waals surface area contributed by atoms with Gasteiger partial charge in [-0.1, -0.05) is 0 Å². The van der Waals surface area contributed by atoms with Crippen LogP contribution < -0.4 is 10.6 Å². The van der Waals surface area contributed by atoms with E-state index in [0.717, 1.165) is 0 Å². The van der Waals surface area contributed by atoms with Gasteiger partial charge in [-0.3, -0.25) is 15.7 Å². The van der Waals surface area contributed by atoms with Crippen molar-refractivity contribution >= 4 is 15.7 Å². The van der Waals surface area contributed by atoms with Gasteiger partial charge in [0, 0.05) is 12.6 Å². The largest absolute Gasteiger partial charge is 0.291 e. The molecule has 0 saturated heterocycles. The Morgan fingerprint density at radius 1 is 1.56 bits per heavy atom. The zero-order valence-corrected chi connectivity index (χ0v) is 9.95. The number of hydrogen-bond acceptors (Lipinski definition) is 5. The number of rotatable bonds is 4. The summed E-state index contributed by atoms with van der Waals surface area (Å²) < 4.78 is 21.5. The van der Waals surface area contributed by atoms with Gasteiger partial charge < -0.3 is 0 Å². The quantitative estimate of drug-likeness (QED) is 0.669. The maximum atomic E-state index is 11.3. The minimum Gasteiger partial charge on any atom is -0.291 e. The van der Waals surface area contributed by atoms with Crippen molar-refractivity contribution in [1.82, 2.24) is 4.98 Å². The molecule has 1 aromatic rings. The second kappa shape index (κ2) is 4.36. The number of hydrogen-bond donors (Lipinski definition) is 3. The molecule has 0 amide bonds. The van der Waals surface area contributed by atoms with Crippen molar-refractivity contribution in [1.29, 1.82) is 0 Å². The number of sulfonamides is 1. The van der Waals surface area contributed by atoms with E-state index in [1.807, 2.05) is 5.48 Å². The molecule has 0 unspecified atom stereocenters. The summed E-state index contributed by atoms with van der Waals surface area (Å²) in [6.07, 6.45) is 1.64. The smallest absolute Gasteiger partial charge is 0.214 e. The number of primary sulfonamides is 1. The molecule has 0 aliphatic rings. The van der Waals surface area contributed by atoms with E-state index in [-0.39, 0.29) is 6.42 Å². The van der Waals surface area contributed by atoms with E-state index in [9.17, 15) is 8.42 Å². The molecule has 1 aromatic heterocycles. The van der Waals surface area contributed by atoms with Crippen molar-refractivity contribution in [3.63, 3.8) is 0 Å². The predicted molar refractivity (Wildman–Crippen MR) is 60.5 cm³/mol. The van der Waals surface area contributed by atoms with Crippen LogP contribution in [0, 0.1) is 0 Å². The standard InChI is InChI=1S/C9H15N3O3S/c1-9(2,16(10,14)15)6-8-7(12-13)4-3-5-11-8/h3-5,12-13H,6H2,1-2H3,(H2,10,14,15). The topological polar surface area (TPSA) is 105 Å². The molecule has 7 heteroatoms. The lowest BCUT2D eigenvalue weighted by atomic mass is 10.1. The molecule has 0 spiro atoms. The summed E-state index contributed by atoms with van der Waals surface area (Å²) in [5.74, 6) is 0. The molecule has 90 valence electrons. The van der Waals surface area contributed by atoms with Gasteiger partial charge in [0.15, 0.2) is 0 Å². The summed E-state index contributed by atoms with van der Waals surface area (Å²) in [5, 5.41) is 14.0. The summed E-state index contributed by atoms with van der Waals surface area (Å²) in [6, 6.07) is 3.23. The van der Waals surface area contributed by atoms with Crippen molar-refractivity contribution in [3.05, 3.63) is 24.0 Å². The number of nitrogens with zero attached hydrogens (tertiary/aromatic N) is 1. The second-order valence-corrected chi connectivity index (χ2v) is 6.29. The number of pyridine rings is 1. The van der Waals surface area contributed by atoms with Gasteiger partial charge in [-0.05, 0) is 26.0 Å². The molecule has 4 N–H and O–H groups in total. The van der Waals surface area contributed by atoms with Crippen LogP contribution in [-0.4, -0.2) is 23.4 Å². The summed E-state index contributed by atoms with van der Waals surface area (Å²) in [7, 11) is -3.67. The lowest BCUT2D eigenvalue weighted by Crippen LogP contribution is -2.40. The number of nitrogens with one attached hydrogen (secondary N) is 1. The number of anilines is 1. The third kappa shape index (κ3) is 2.69. The summed E-state index contributed by atoms with van der Waals surface area (Å²) in [6.45, 7) is 3.02. The fourth-order valence-corrected chi connectivity index (χ4v) is 1.52. The Bertz CT molecular complexity index is 471. The Morgan fingerprint density at radius 3 is 2.69 bits per heavy atom. The first-order valence-electron chi connectivity index (χ1n) is 4.64. The van der Waals surface area contributed by atoms with Crippen molar-refractivity contribution in [3.8, 4) is 0 Å². The Labute approximate surface area is 94.5 Å². The maximum absolute atomic E-state index is 11.3. The van der Waals surface area contributed by atoms with E-state index in [1.165, 1.54) is 20.0 Å². The lowest BCUT2D eigenvalue weighted by Gasteiger charge is -2.22. The first-order chi connectivity index (χ1) is 7.28. The van der Waals surface area contributed by atoms with Crippen molar-refractivity contribution < 1.29 is 13.6 Å². The molecule has 0 aliphatic heterocycles. The van der Waals surface area contributed by atoms with Gasteiger partial charge in [0.25, 0.3) is 0 Å². The highest BCUT2D eigenvalue weighted by atomic mass is 32.2. The number of aromatic nitrogens is 1. The van der Waals surface area contributed by atoms with Crippen molar-refractivity contribution in [2.75, 3.05) is 5.48 Å². The minimum absolute atomic E-state index is 0.121. The van der Waals surface area contributed by atoms with Crippen molar-refractivity contribution in [2.45, 2.75) is 25.0 Å². The van der Waals surface area contributed by atoms with Gasteiger partial charge in [0.2, 0.25) is 10.0 Å². The average Bonchev–Trinajstić information content (AvgIpc) is 2.16. The molecular weight excluding hydrogens is 230 g/mol. The number of nitrogens with two attached hydrogens (primary N) is 1. The molecule has 0 atom stereocenters. The average molecular weight is 245 g/mol. The van der Waals surface area contributed by atoms with Crippen LogP contribution in [0.25, 0.3) is 0 Å². The molecule has 0 aliphatic carbocycles. The van der Waals surface area contributed by atoms with Crippen LogP contribution in [0.3, 0.4) is 0 Å². The van der Waals surface area contributed by atoms with Crippen molar-refractivity contribution in [2.24, 2.45) is 5.14 Å². The summed E-state index contributed by atoms with van der Waals surface area (Å²) in [5.41, 5.74) is 2.79. The Morgan fingerprint density at radius 2 is 2.19 bits per heavy atom. The van der Waals surface area contributed by atoms with Gasteiger partial charge in [-0.25, -0.2) is 13.6 Å². The normalized spacial score (nSPS) is 12.5. The molecular formula is C9H15N3O3S. The summed E-state index contributed by atoms with van der Waals surface area (Å²) in [4.78, 5) is 4.01. The molecule has 0 aromatic carbocycles. The Balaban J connectivity index is 3.06. The molecule has 0 radical (unpaired) electrons. The third-order valence-electron chi connectivity index (χ3n) is 2.37. The Hall–Kier alpha value is -1.18. The first kappa shape index (κ1) is 12.9. The van der Waals surface area contributed by atoms with Crippen LogP contribution in [0.5, 0.6) is 0 Å². The molecule has 1 rings (SSSR count). The van der Waals surface area contributed by atoms with Crippen LogP contribution in [0.2, 0.25) is 0 Å².